The molecule has 2 aromatic heterocycles. The van der Waals surface area contributed by atoms with Gasteiger partial charge >= 0.3 is 6.08 Å². The summed E-state index contributed by atoms with van der Waals surface area (Å²) in [5, 5.41) is 3.39. The van der Waals surface area contributed by atoms with Crippen molar-refractivity contribution in [3.8, 4) is 11.5 Å². The number of nitrogens with two attached hydrogens (primary N) is 1. The van der Waals surface area contributed by atoms with Crippen LogP contribution in [0.5, 0.6) is 11.5 Å². The molecule has 0 saturated heterocycles. The third-order valence-corrected chi connectivity index (χ3v) is 5.68. The van der Waals surface area contributed by atoms with E-state index in [1.165, 1.54) is 0 Å². The summed E-state index contributed by atoms with van der Waals surface area (Å²) >= 11 is 2.27. The molecule has 1 aliphatic heterocycles. The Kier molecular flexibility index (Phi) is 5.72. The zero-order valence-corrected chi connectivity index (χ0v) is 18.4. The van der Waals surface area contributed by atoms with E-state index in [4.69, 9.17) is 15.2 Å². The molecule has 3 heterocycles. The molecule has 29 heavy (non-hydrogen) atoms. The number of benzene rings is 1. The maximum Gasteiger partial charge on any atom is 0.312 e. The average molecular weight is 516 g/mol. The van der Waals surface area contributed by atoms with Gasteiger partial charge in [-0.3, -0.25) is 0 Å². The van der Waals surface area contributed by atoms with Crippen molar-refractivity contribution in [2.45, 2.75) is 39.3 Å². The van der Waals surface area contributed by atoms with Gasteiger partial charge in [0.15, 0.2) is 28.5 Å². The number of hydrogen-bond donors (Lipinski definition) is 2. The van der Waals surface area contributed by atoms with E-state index >= 15 is 0 Å². The molecule has 154 valence electrons. The first-order chi connectivity index (χ1) is 13.9. The van der Waals surface area contributed by atoms with Gasteiger partial charge in [-0.25, -0.2) is 4.98 Å². The number of ether oxygens (including phenoxy) is 2. The number of halogens is 2. The molecule has 0 fully saturated rings. The lowest BCUT2D eigenvalue weighted by atomic mass is 10.1. The quantitative estimate of drug-likeness (QED) is 0.283. The van der Waals surface area contributed by atoms with E-state index in [2.05, 4.69) is 56.7 Å². The fourth-order valence-electron chi connectivity index (χ4n) is 3.30. The van der Waals surface area contributed by atoms with Gasteiger partial charge in [0.1, 0.15) is 5.82 Å². The number of anilines is 1. The van der Waals surface area contributed by atoms with Crippen molar-refractivity contribution < 1.29 is 13.9 Å². The minimum atomic E-state index is -0.847. The lowest BCUT2D eigenvalue weighted by Crippen LogP contribution is -2.24. The SMILES string of the molecule is CC(C)NCCCn1c(Cc2cc3c(cc2[131I])OCO3)nc2c(N)nc(F)nc21. The van der Waals surface area contributed by atoms with Gasteiger partial charge in [-0.1, -0.05) is 13.8 Å². The second-order valence-corrected chi connectivity index (χ2v) is 8.33. The summed E-state index contributed by atoms with van der Waals surface area (Å²) in [7, 11) is 0. The van der Waals surface area contributed by atoms with Crippen LogP contribution in [-0.4, -0.2) is 38.9 Å². The topological polar surface area (TPSA) is 100 Å². The zero-order valence-electron chi connectivity index (χ0n) is 16.2. The van der Waals surface area contributed by atoms with Crippen molar-refractivity contribution in [2.75, 3.05) is 19.1 Å². The van der Waals surface area contributed by atoms with Crippen molar-refractivity contribution >= 4 is 39.6 Å². The Bertz CT molecular complexity index is 1060. The van der Waals surface area contributed by atoms with Crippen LogP contribution < -0.4 is 20.5 Å². The van der Waals surface area contributed by atoms with E-state index in [0.29, 0.717) is 30.2 Å². The molecule has 0 aliphatic carbocycles. The van der Waals surface area contributed by atoms with Crippen LogP contribution in [0.3, 0.4) is 0 Å². The summed E-state index contributed by atoms with van der Waals surface area (Å²) in [6.07, 6.45) is 0.533. The van der Waals surface area contributed by atoms with Crippen molar-refractivity contribution in [3.05, 3.63) is 33.2 Å². The van der Waals surface area contributed by atoms with Gasteiger partial charge in [0.25, 0.3) is 0 Å². The molecule has 1 aliphatic rings. The Morgan fingerprint density at radius 1 is 1.24 bits per heavy atom. The Hall–Kier alpha value is -2.21. The highest BCUT2D eigenvalue weighted by atomic mass is 131. The molecule has 8 nitrogen and oxygen atoms in total. The number of fused-ring (bicyclic) bond motifs is 2. The first-order valence-electron chi connectivity index (χ1n) is 9.42. The van der Waals surface area contributed by atoms with Gasteiger partial charge < -0.3 is 25.1 Å². The summed E-state index contributed by atoms with van der Waals surface area (Å²) in [6, 6.07) is 4.31. The van der Waals surface area contributed by atoms with Crippen LogP contribution in [0, 0.1) is 9.65 Å². The largest absolute Gasteiger partial charge is 0.454 e. The van der Waals surface area contributed by atoms with Gasteiger partial charge in [-0.05, 0) is 53.3 Å². The van der Waals surface area contributed by atoms with E-state index in [1.807, 2.05) is 16.7 Å². The minimum absolute atomic E-state index is 0.0492. The molecule has 3 N–H and O–H groups in total. The molecule has 10 heteroatoms. The summed E-state index contributed by atoms with van der Waals surface area (Å²) in [6.45, 7) is 5.90. The van der Waals surface area contributed by atoms with E-state index in [9.17, 15) is 4.39 Å². The maximum absolute atomic E-state index is 13.8. The summed E-state index contributed by atoms with van der Waals surface area (Å²) in [5.41, 5.74) is 7.80. The zero-order chi connectivity index (χ0) is 20.5. The van der Waals surface area contributed by atoms with E-state index in [0.717, 1.165) is 39.4 Å². The Morgan fingerprint density at radius 2 is 2.00 bits per heavy atom. The molecule has 3 aromatic rings. The normalized spacial score (nSPS) is 13.0. The van der Waals surface area contributed by atoms with Gasteiger partial charge in [0, 0.05) is 22.6 Å². The monoisotopic (exact) mass is 516 g/mol. The molecule has 4 rings (SSSR count). The van der Waals surface area contributed by atoms with E-state index in [-0.39, 0.29) is 12.6 Å². The number of nitrogens with zero attached hydrogens (tertiary/aromatic N) is 4. The molecule has 1 aromatic carbocycles. The van der Waals surface area contributed by atoms with Crippen molar-refractivity contribution in [1.29, 1.82) is 0 Å². The summed E-state index contributed by atoms with van der Waals surface area (Å²) in [5.74, 6) is 2.26. The highest BCUT2D eigenvalue weighted by Gasteiger charge is 2.20. The first kappa shape index (κ1) is 20.1. The summed E-state index contributed by atoms with van der Waals surface area (Å²) in [4.78, 5) is 12.2. The Morgan fingerprint density at radius 3 is 2.76 bits per heavy atom. The molecule has 0 atom stereocenters. The van der Waals surface area contributed by atoms with Crippen LogP contribution in [0.1, 0.15) is 31.7 Å². The first-order valence-corrected chi connectivity index (χ1v) is 10.5. The van der Waals surface area contributed by atoms with Gasteiger partial charge in [-0.2, -0.15) is 14.4 Å². The van der Waals surface area contributed by atoms with Crippen LogP contribution in [0.25, 0.3) is 11.2 Å². The van der Waals surface area contributed by atoms with Crippen LogP contribution >= 0.6 is 22.6 Å². The molecule has 0 saturated carbocycles. The van der Waals surface area contributed by atoms with Gasteiger partial charge in [0.2, 0.25) is 6.79 Å². The fraction of sp³-hybridized carbons (Fsp3) is 0.421. The standard InChI is InChI=1S/C19H22FIN6O2/c1-10(2)23-4-3-5-27-15(24-16-17(22)25-19(20)26-18(16)27)7-11-6-13-14(8-12(11)21)29-9-28-13/h6,8,10,23H,3-5,7,9H2,1-2H3,(H2,22,25,26)/i21+4. The molecule has 0 amide bonds. The number of hydrogen-bond acceptors (Lipinski definition) is 7. The molecule has 0 spiro atoms. The second kappa shape index (κ2) is 8.27. The third kappa shape index (κ3) is 4.22. The number of rotatable bonds is 7. The average Bonchev–Trinajstić information content (AvgIpc) is 3.23. The van der Waals surface area contributed by atoms with Crippen molar-refractivity contribution in [1.82, 2.24) is 24.8 Å². The molecule has 0 unspecified atom stereocenters. The number of aromatic nitrogens is 4. The fourth-order valence-corrected chi connectivity index (χ4v) is 3.93. The Balaban J connectivity index is 1.69. The molecular weight excluding hydrogens is 494 g/mol. The number of imidazole rings is 1. The van der Waals surface area contributed by atoms with Crippen LogP contribution in [0.2, 0.25) is 0 Å². The lowest BCUT2D eigenvalue weighted by Gasteiger charge is -2.12. The minimum Gasteiger partial charge on any atom is -0.454 e. The molecule has 0 radical (unpaired) electrons. The van der Waals surface area contributed by atoms with Gasteiger partial charge in [-0.15, -0.1) is 0 Å². The van der Waals surface area contributed by atoms with Crippen molar-refractivity contribution in [2.24, 2.45) is 0 Å². The second-order valence-electron chi connectivity index (χ2n) is 7.17. The van der Waals surface area contributed by atoms with Crippen LogP contribution in [-0.2, 0) is 13.0 Å². The highest BCUT2D eigenvalue weighted by molar-refractivity contribution is 14.1. The van der Waals surface area contributed by atoms with Crippen LogP contribution in [0.4, 0.5) is 10.2 Å². The number of nitrogens with one attached hydrogen (secondary N) is 1. The van der Waals surface area contributed by atoms with E-state index < -0.39 is 6.08 Å². The summed E-state index contributed by atoms with van der Waals surface area (Å²) < 4.78 is 27.7. The predicted molar refractivity (Wildman–Crippen MR) is 116 cm³/mol. The van der Waals surface area contributed by atoms with Crippen molar-refractivity contribution in [3.63, 3.8) is 0 Å². The Labute approximate surface area is 181 Å². The maximum atomic E-state index is 13.8. The third-order valence-electron chi connectivity index (χ3n) is 4.67. The number of nitrogen functional groups attached to an aromatic ring is 1. The highest BCUT2D eigenvalue weighted by Crippen LogP contribution is 2.36. The number of aryl methyl sites for hydroxylation is 1. The van der Waals surface area contributed by atoms with Crippen LogP contribution in [0.15, 0.2) is 12.1 Å². The smallest absolute Gasteiger partial charge is 0.312 e. The predicted octanol–water partition coefficient (Wildman–Crippen LogP) is 2.86. The molecular formula is C19H22FIN6O2. The van der Waals surface area contributed by atoms with Gasteiger partial charge in [0.05, 0.1) is 0 Å². The van der Waals surface area contributed by atoms with E-state index in [1.54, 1.807) is 0 Å². The lowest BCUT2D eigenvalue weighted by molar-refractivity contribution is 0.174. The molecule has 0 bridgehead atoms.